The quantitative estimate of drug-likeness (QED) is 0.854. The lowest BCUT2D eigenvalue weighted by Gasteiger charge is -2.31. The lowest BCUT2D eigenvalue weighted by molar-refractivity contribution is -0.124. The Morgan fingerprint density at radius 1 is 1.42 bits per heavy atom. The first-order valence-corrected chi connectivity index (χ1v) is 8.39. The molecule has 0 radical (unpaired) electrons. The van der Waals surface area contributed by atoms with Gasteiger partial charge in [0.15, 0.2) is 0 Å². The average Bonchev–Trinajstić information content (AvgIpc) is 3.25. The molecule has 0 spiro atoms. The van der Waals surface area contributed by atoms with Crippen LogP contribution in [-0.2, 0) is 11.3 Å². The first-order chi connectivity index (χ1) is 11.6. The molecule has 24 heavy (non-hydrogen) atoms. The molecule has 3 rings (SSSR count). The highest BCUT2D eigenvalue weighted by Gasteiger charge is 2.22. The molecule has 1 amide bonds. The molecular formula is C16H24N6O2. The van der Waals surface area contributed by atoms with E-state index in [0.717, 1.165) is 44.0 Å². The van der Waals surface area contributed by atoms with Gasteiger partial charge in [-0.25, -0.2) is 4.68 Å². The molecule has 1 atom stereocenters. The van der Waals surface area contributed by atoms with Crippen molar-refractivity contribution in [1.29, 1.82) is 0 Å². The smallest absolute Gasteiger partial charge is 0.244 e. The van der Waals surface area contributed by atoms with Crippen LogP contribution in [0.1, 0.15) is 37.3 Å². The molecule has 2 aromatic heterocycles. The molecule has 130 valence electrons. The largest absolute Gasteiger partial charge is 0.465 e. The summed E-state index contributed by atoms with van der Waals surface area (Å²) >= 11 is 0. The number of nitrogens with zero attached hydrogens (tertiary/aromatic N) is 5. The standard InChI is InChI=1S/C16H24N6O2/c1-12-3-4-15(24-12)10-21-7-5-14(6-8-21)9-17-16(23)13(2)22-11-18-19-20-22/h3-4,11,13-14H,5-10H2,1-2H3,(H,17,23)/t13-/m0/s1. The number of rotatable bonds is 6. The number of tetrazole rings is 1. The first kappa shape index (κ1) is 16.6. The van der Waals surface area contributed by atoms with Crippen molar-refractivity contribution in [3.05, 3.63) is 30.0 Å². The Kier molecular flexibility index (Phi) is 5.24. The van der Waals surface area contributed by atoms with E-state index >= 15 is 0 Å². The fraction of sp³-hybridized carbons (Fsp3) is 0.625. The van der Waals surface area contributed by atoms with Crippen molar-refractivity contribution in [2.45, 2.75) is 39.3 Å². The summed E-state index contributed by atoms with van der Waals surface area (Å²) in [6.07, 6.45) is 3.62. The number of nitrogens with one attached hydrogen (secondary N) is 1. The first-order valence-electron chi connectivity index (χ1n) is 8.39. The van der Waals surface area contributed by atoms with Gasteiger partial charge in [-0.15, -0.1) is 5.10 Å². The Morgan fingerprint density at radius 3 is 2.83 bits per heavy atom. The summed E-state index contributed by atoms with van der Waals surface area (Å²) < 4.78 is 7.10. The zero-order chi connectivity index (χ0) is 16.9. The van der Waals surface area contributed by atoms with Crippen LogP contribution < -0.4 is 5.32 Å². The maximum atomic E-state index is 12.1. The molecule has 0 bridgehead atoms. The van der Waals surface area contributed by atoms with Crippen LogP contribution in [0, 0.1) is 12.8 Å². The molecule has 1 saturated heterocycles. The van der Waals surface area contributed by atoms with Gasteiger partial charge in [-0.1, -0.05) is 0 Å². The Bertz CT molecular complexity index is 645. The van der Waals surface area contributed by atoms with E-state index in [1.807, 2.05) is 19.1 Å². The summed E-state index contributed by atoms with van der Waals surface area (Å²) in [4.78, 5) is 14.5. The van der Waals surface area contributed by atoms with Crippen molar-refractivity contribution in [3.63, 3.8) is 0 Å². The van der Waals surface area contributed by atoms with Gasteiger partial charge in [0, 0.05) is 6.54 Å². The van der Waals surface area contributed by atoms with E-state index in [1.165, 1.54) is 11.0 Å². The van der Waals surface area contributed by atoms with Crippen molar-refractivity contribution >= 4 is 5.91 Å². The summed E-state index contributed by atoms with van der Waals surface area (Å²) in [5, 5.41) is 13.9. The van der Waals surface area contributed by atoms with E-state index in [4.69, 9.17) is 4.42 Å². The number of hydrogen-bond donors (Lipinski definition) is 1. The zero-order valence-electron chi connectivity index (χ0n) is 14.2. The van der Waals surface area contributed by atoms with Crippen molar-refractivity contribution in [2.24, 2.45) is 5.92 Å². The van der Waals surface area contributed by atoms with Gasteiger partial charge in [-0.05, 0) is 68.3 Å². The predicted octanol–water partition coefficient (Wildman–Crippen LogP) is 1.16. The van der Waals surface area contributed by atoms with Gasteiger partial charge in [0.25, 0.3) is 0 Å². The fourth-order valence-corrected chi connectivity index (χ4v) is 3.00. The average molecular weight is 332 g/mol. The number of likely N-dealkylation sites (tertiary alicyclic amines) is 1. The number of carbonyl (C=O) groups is 1. The summed E-state index contributed by atoms with van der Waals surface area (Å²) in [5.74, 6) is 2.45. The van der Waals surface area contributed by atoms with Crippen molar-refractivity contribution in [1.82, 2.24) is 30.4 Å². The van der Waals surface area contributed by atoms with Crippen molar-refractivity contribution in [2.75, 3.05) is 19.6 Å². The molecule has 8 heteroatoms. The third kappa shape index (κ3) is 4.19. The monoisotopic (exact) mass is 332 g/mol. The molecule has 8 nitrogen and oxygen atoms in total. The lowest BCUT2D eigenvalue weighted by atomic mass is 9.96. The summed E-state index contributed by atoms with van der Waals surface area (Å²) in [5.41, 5.74) is 0. The minimum absolute atomic E-state index is 0.0456. The maximum Gasteiger partial charge on any atom is 0.244 e. The highest BCUT2D eigenvalue weighted by Crippen LogP contribution is 2.19. The van der Waals surface area contributed by atoms with Crippen LogP contribution in [0.5, 0.6) is 0 Å². The van der Waals surface area contributed by atoms with Crippen molar-refractivity contribution < 1.29 is 9.21 Å². The molecule has 0 aromatic carbocycles. The molecule has 3 heterocycles. The van der Waals surface area contributed by atoms with Crippen LogP contribution in [0.4, 0.5) is 0 Å². The lowest BCUT2D eigenvalue weighted by Crippen LogP contribution is -2.40. The number of hydrogen-bond acceptors (Lipinski definition) is 6. The van der Waals surface area contributed by atoms with Gasteiger partial charge in [0.05, 0.1) is 6.54 Å². The van der Waals surface area contributed by atoms with Crippen LogP contribution in [0.25, 0.3) is 0 Å². The van der Waals surface area contributed by atoms with Gasteiger partial charge in [0.2, 0.25) is 5.91 Å². The Hall–Kier alpha value is -2.22. The Balaban J connectivity index is 1.38. The van der Waals surface area contributed by atoms with Gasteiger partial charge in [-0.2, -0.15) is 0 Å². The molecule has 0 unspecified atom stereocenters. The number of furan rings is 1. The Morgan fingerprint density at radius 2 is 2.21 bits per heavy atom. The fourth-order valence-electron chi connectivity index (χ4n) is 3.00. The molecule has 2 aromatic rings. The van der Waals surface area contributed by atoms with E-state index in [1.54, 1.807) is 6.92 Å². The van der Waals surface area contributed by atoms with E-state index in [2.05, 4.69) is 25.7 Å². The van der Waals surface area contributed by atoms with Crippen LogP contribution >= 0.6 is 0 Å². The van der Waals surface area contributed by atoms with Gasteiger partial charge in [-0.3, -0.25) is 9.69 Å². The third-order valence-electron chi connectivity index (χ3n) is 4.59. The van der Waals surface area contributed by atoms with Gasteiger partial charge >= 0.3 is 0 Å². The SMILES string of the molecule is Cc1ccc(CN2CCC(CNC(=O)[C@H](C)n3cnnn3)CC2)o1. The van der Waals surface area contributed by atoms with Crippen LogP contribution in [-0.4, -0.2) is 50.6 Å². The molecular weight excluding hydrogens is 308 g/mol. The van der Waals surface area contributed by atoms with E-state index < -0.39 is 0 Å². The maximum absolute atomic E-state index is 12.1. The highest BCUT2D eigenvalue weighted by atomic mass is 16.3. The second-order valence-corrected chi connectivity index (χ2v) is 6.44. The molecule has 1 aliphatic rings. The molecule has 1 aliphatic heterocycles. The molecule has 0 aliphatic carbocycles. The molecule has 1 fully saturated rings. The second-order valence-electron chi connectivity index (χ2n) is 6.44. The third-order valence-corrected chi connectivity index (χ3v) is 4.59. The van der Waals surface area contributed by atoms with E-state index in [0.29, 0.717) is 12.5 Å². The number of amides is 1. The summed E-state index contributed by atoms with van der Waals surface area (Å²) in [6, 6.07) is 3.66. The number of carbonyl (C=O) groups excluding carboxylic acids is 1. The number of aryl methyl sites for hydroxylation is 1. The topological polar surface area (TPSA) is 89.1 Å². The van der Waals surface area contributed by atoms with Crippen LogP contribution in [0.15, 0.2) is 22.9 Å². The van der Waals surface area contributed by atoms with E-state index in [9.17, 15) is 4.79 Å². The number of aromatic nitrogens is 4. The predicted molar refractivity (Wildman–Crippen MR) is 87.0 cm³/mol. The van der Waals surface area contributed by atoms with Gasteiger partial charge < -0.3 is 9.73 Å². The zero-order valence-corrected chi connectivity index (χ0v) is 14.2. The molecule has 0 saturated carbocycles. The summed E-state index contributed by atoms with van der Waals surface area (Å²) in [7, 11) is 0. The summed E-state index contributed by atoms with van der Waals surface area (Å²) in [6.45, 7) is 7.39. The molecule has 1 N–H and O–H groups in total. The number of piperidine rings is 1. The van der Waals surface area contributed by atoms with E-state index in [-0.39, 0.29) is 11.9 Å². The van der Waals surface area contributed by atoms with Crippen molar-refractivity contribution in [3.8, 4) is 0 Å². The normalized spacial score (nSPS) is 17.8. The Labute approximate surface area is 141 Å². The second kappa shape index (κ2) is 7.57. The minimum atomic E-state index is -0.387. The van der Waals surface area contributed by atoms with Crippen LogP contribution in [0.2, 0.25) is 0 Å². The van der Waals surface area contributed by atoms with Gasteiger partial charge in [0.1, 0.15) is 23.9 Å². The minimum Gasteiger partial charge on any atom is -0.465 e. The highest BCUT2D eigenvalue weighted by molar-refractivity contribution is 5.79. The van der Waals surface area contributed by atoms with Crippen LogP contribution in [0.3, 0.4) is 0 Å².